The van der Waals surface area contributed by atoms with Gasteiger partial charge in [-0.2, -0.15) is 5.10 Å². The Balaban J connectivity index is 1.57. The number of piperidine rings is 1. The number of carbonyl (C=O) groups is 2. The van der Waals surface area contributed by atoms with Crippen molar-refractivity contribution in [1.29, 1.82) is 0 Å². The Bertz CT molecular complexity index is 767. The van der Waals surface area contributed by atoms with Crippen molar-refractivity contribution in [1.82, 2.24) is 20.4 Å². The third-order valence-electron chi connectivity index (χ3n) is 4.90. The van der Waals surface area contributed by atoms with Crippen LogP contribution >= 0.6 is 0 Å². The van der Waals surface area contributed by atoms with E-state index in [0.717, 1.165) is 11.1 Å². The molecule has 1 aliphatic rings. The Hall–Kier alpha value is -2.67. The van der Waals surface area contributed by atoms with Gasteiger partial charge < -0.3 is 15.0 Å². The van der Waals surface area contributed by atoms with Gasteiger partial charge in [0.1, 0.15) is 0 Å². The van der Waals surface area contributed by atoms with Gasteiger partial charge >= 0.3 is 0 Å². The Morgan fingerprint density at radius 2 is 2.11 bits per heavy atom. The molecule has 0 aliphatic carbocycles. The topological polar surface area (TPSA) is 87.3 Å². The first-order chi connectivity index (χ1) is 13.1. The Morgan fingerprint density at radius 3 is 2.78 bits per heavy atom. The van der Waals surface area contributed by atoms with Gasteiger partial charge in [-0.3, -0.25) is 14.7 Å². The van der Waals surface area contributed by atoms with Crippen LogP contribution in [0.25, 0.3) is 11.1 Å². The van der Waals surface area contributed by atoms with Crippen molar-refractivity contribution in [3.8, 4) is 11.1 Å². The number of rotatable bonds is 6. The number of methoxy groups -OCH3 is 1. The first kappa shape index (κ1) is 19.1. The molecular formula is C20H26N4O3. The lowest BCUT2D eigenvalue weighted by molar-refractivity contribution is -0.127. The van der Waals surface area contributed by atoms with Crippen LogP contribution in [0.5, 0.6) is 0 Å². The zero-order valence-corrected chi connectivity index (χ0v) is 15.8. The van der Waals surface area contributed by atoms with Gasteiger partial charge in [-0.05, 0) is 37.5 Å². The normalized spacial score (nSPS) is 16.1. The SMILES string of the molecule is COC[C@H](C)NC(=O)C1CCN(C(=O)c2cccc(-c3cn[nH]c3)c2)CC1. The second-order valence-corrected chi connectivity index (χ2v) is 7.00. The van der Waals surface area contributed by atoms with E-state index in [1.165, 1.54) is 0 Å². The van der Waals surface area contributed by atoms with Crippen LogP contribution in [0, 0.1) is 5.92 Å². The molecule has 2 N–H and O–H groups in total. The van der Waals surface area contributed by atoms with Gasteiger partial charge in [0, 0.05) is 49.5 Å². The molecule has 144 valence electrons. The summed E-state index contributed by atoms with van der Waals surface area (Å²) < 4.78 is 5.05. The molecule has 0 saturated carbocycles. The average molecular weight is 370 g/mol. The number of ether oxygens (including phenoxy) is 1. The van der Waals surface area contributed by atoms with Crippen molar-refractivity contribution < 1.29 is 14.3 Å². The molecule has 0 spiro atoms. The van der Waals surface area contributed by atoms with Crippen LogP contribution in [0.2, 0.25) is 0 Å². The molecule has 7 heteroatoms. The number of H-pyrrole nitrogens is 1. The fraction of sp³-hybridized carbons (Fsp3) is 0.450. The van der Waals surface area contributed by atoms with Crippen LogP contribution in [-0.4, -0.2) is 59.8 Å². The Kier molecular flexibility index (Phi) is 6.24. The lowest BCUT2D eigenvalue weighted by Gasteiger charge is -2.32. The maximum atomic E-state index is 12.8. The van der Waals surface area contributed by atoms with E-state index in [2.05, 4.69) is 15.5 Å². The number of nitrogens with one attached hydrogen (secondary N) is 2. The quantitative estimate of drug-likeness (QED) is 0.815. The van der Waals surface area contributed by atoms with E-state index in [1.807, 2.05) is 36.1 Å². The summed E-state index contributed by atoms with van der Waals surface area (Å²) in [5.74, 6) is 0.00572. The van der Waals surface area contributed by atoms with Gasteiger partial charge in [0.2, 0.25) is 5.91 Å². The summed E-state index contributed by atoms with van der Waals surface area (Å²) in [5, 5.41) is 9.71. The van der Waals surface area contributed by atoms with Gasteiger partial charge in [0.15, 0.2) is 0 Å². The van der Waals surface area contributed by atoms with E-state index < -0.39 is 0 Å². The maximum absolute atomic E-state index is 12.8. The molecule has 1 atom stereocenters. The zero-order chi connectivity index (χ0) is 19.2. The monoisotopic (exact) mass is 370 g/mol. The third-order valence-corrected chi connectivity index (χ3v) is 4.90. The first-order valence-corrected chi connectivity index (χ1v) is 9.26. The highest BCUT2D eigenvalue weighted by Crippen LogP contribution is 2.22. The van der Waals surface area contributed by atoms with E-state index in [-0.39, 0.29) is 23.8 Å². The van der Waals surface area contributed by atoms with Crippen LogP contribution in [0.3, 0.4) is 0 Å². The summed E-state index contributed by atoms with van der Waals surface area (Å²) in [6.07, 6.45) is 4.90. The molecule has 0 bridgehead atoms. The molecule has 1 aliphatic heterocycles. The molecule has 1 saturated heterocycles. The minimum absolute atomic E-state index is 0.00644. The number of amides is 2. The number of nitrogens with zero attached hydrogens (tertiary/aromatic N) is 2. The molecule has 2 amide bonds. The van der Waals surface area contributed by atoms with E-state index in [1.54, 1.807) is 19.5 Å². The van der Waals surface area contributed by atoms with Crippen LogP contribution in [0.15, 0.2) is 36.7 Å². The highest BCUT2D eigenvalue weighted by Gasteiger charge is 2.28. The van der Waals surface area contributed by atoms with Crippen molar-refractivity contribution in [2.75, 3.05) is 26.8 Å². The standard InChI is InChI=1S/C20H26N4O3/c1-14(13-27-2)23-19(25)15-6-8-24(9-7-15)20(26)17-5-3-4-16(10-17)18-11-21-22-12-18/h3-5,10-12,14-15H,6-9,13H2,1-2H3,(H,21,22)(H,23,25)/t14-/m0/s1. The van der Waals surface area contributed by atoms with Gasteiger partial charge in [-0.25, -0.2) is 0 Å². The first-order valence-electron chi connectivity index (χ1n) is 9.26. The molecule has 1 aromatic heterocycles. The van der Waals surface area contributed by atoms with Crippen molar-refractivity contribution in [3.05, 3.63) is 42.2 Å². The van der Waals surface area contributed by atoms with Gasteiger partial charge in [-0.15, -0.1) is 0 Å². The summed E-state index contributed by atoms with van der Waals surface area (Å²) in [6.45, 7) is 3.60. The largest absolute Gasteiger partial charge is 0.383 e. The number of likely N-dealkylation sites (tertiary alicyclic amines) is 1. The molecule has 1 fully saturated rings. The van der Waals surface area contributed by atoms with Gasteiger partial charge in [0.05, 0.1) is 12.8 Å². The third kappa shape index (κ3) is 4.74. The van der Waals surface area contributed by atoms with E-state index in [9.17, 15) is 9.59 Å². The number of aromatic nitrogens is 2. The van der Waals surface area contributed by atoms with E-state index in [0.29, 0.717) is 38.1 Å². The fourth-order valence-electron chi connectivity index (χ4n) is 3.42. The summed E-state index contributed by atoms with van der Waals surface area (Å²) in [5.41, 5.74) is 2.56. The Labute approximate surface area is 159 Å². The summed E-state index contributed by atoms with van der Waals surface area (Å²) in [4.78, 5) is 27.0. The molecule has 0 unspecified atom stereocenters. The minimum Gasteiger partial charge on any atom is -0.383 e. The van der Waals surface area contributed by atoms with Crippen LogP contribution in [0.1, 0.15) is 30.1 Å². The summed E-state index contributed by atoms with van der Waals surface area (Å²) in [6, 6.07) is 7.55. The molecule has 2 heterocycles. The van der Waals surface area contributed by atoms with Gasteiger partial charge in [0.25, 0.3) is 5.91 Å². The molecule has 0 radical (unpaired) electrons. The van der Waals surface area contributed by atoms with Crippen molar-refractivity contribution in [2.45, 2.75) is 25.8 Å². The smallest absolute Gasteiger partial charge is 0.253 e. The van der Waals surface area contributed by atoms with E-state index in [4.69, 9.17) is 4.74 Å². The minimum atomic E-state index is -0.0504. The van der Waals surface area contributed by atoms with Crippen molar-refractivity contribution in [3.63, 3.8) is 0 Å². The highest BCUT2D eigenvalue weighted by molar-refractivity contribution is 5.95. The second kappa shape index (κ2) is 8.81. The number of carbonyl (C=O) groups excluding carboxylic acids is 2. The lowest BCUT2D eigenvalue weighted by atomic mass is 9.95. The van der Waals surface area contributed by atoms with Crippen molar-refractivity contribution in [2.24, 2.45) is 5.92 Å². The van der Waals surface area contributed by atoms with E-state index >= 15 is 0 Å². The van der Waals surface area contributed by atoms with Crippen LogP contribution < -0.4 is 5.32 Å². The number of hydrogen-bond donors (Lipinski definition) is 2. The fourth-order valence-corrected chi connectivity index (χ4v) is 3.42. The van der Waals surface area contributed by atoms with Crippen molar-refractivity contribution >= 4 is 11.8 Å². The summed E-state index contributed by atoms with van der Waals surface area (Å²) >= 11 is 0. The molecular weight excluding hydrogens is 344 g/mol. The predicted octanol–water partition coefficient (Wildman–Crippen LogP) is 2.08. The molecule has 7 nitrogen and oxygen atoms in total. The number of hydrogen-bond acceptors (Lipinski definition) is 4. The predicted molar refractivity (Wildman–Crippen MR) is 102 cm³/mol. The second-order valence-electron chi connectivity index (χ2n) is 7.00. The van der Waals surface area contributed by atoms with Crippen LogP contribution in [0.4, 0.5) is 0 Å². The average Bonchev–Trinajstić information content (AvgIpc) is 3.23. The number of benzene rings is 1. The maximum Gasteiger partial charge on any atom is 0.253 e. The number of aromatic amines is 1. The molecule has 1 aromatic carbocycles. The Morgan fingerprint density at radius 1 is 1.33 bits per heavy atom. The molecule has 3 rings (SSSR count). The van der Waals surface area contributed by atoms with Crippen LogP contribution in [-0.2, 0) is 9.53 Å². The lowest BCUT2D eigenvalue weighted by Crippen LogP contribution is -2.45. The molecule has 27 heavy (non-hydrogen) atoms. The summed E-state index contributed by atoms with van der Waals surface area (Å²) in [7, 11) is 1.62. The highest BCUT2D eigenvalue weighted by atomic mass is 16.5. The van der Waals surface area contributed by atoms with Gasteiger partial charge in [-0.1, -0.05) is 12.1 Å². The zero-order valence-electron chi connectivity index (χ0n) is 15.8. The molecule has 2 aromatic rings.